The minimum absolute atomic E-state index is 0.713. The van der Waals surface area contributed by atoms with Gasteiger partial charge in [-0.2, -0.15) is 8.75 Å². The highest BCUT2D eigenvalue weighted by Gasteiger charge is 2.24. The molecule has 1 aromatic heterocycles. The summed E-state index contributed by atoms with van der Waals surface area (Å²) in [5.41, 5.74) is 6.94. The second-order valence-electron chi connectivity index (χ2n) is 4.14. The zero-order valence-corrected chi connectivity index (χ0v) is 9.17. The summed E-state index contributed by atoms with van der Waals surface area (Å²) in [5.74, 6) is 1.46. The maximum Gasteiger partial charge on any atom is 0.0745 e. The van der Waals surface area contributed by atoms with E-state index in [1.807, 2.05) is 6.20 Å². The number of nitrogens with zero attached hydrogens (tertiary/aromatic N) is 2. The highest BCUT2D eigenvalue weighted by atomic mass is 32.1. The molecule has 1 aliphatic carbocycles. The predicted molar refractivity (Wildman–Crippen MR) is 58.1 cm³/mol. The zero-order chi connectivity index (χ0) is 9.80. The number of rotatable bonds is 3. The van der Waals surface area contributed by atoms with Crippen molar-refractivity contribution < 1.29 is 0 Å². The summed E-state index contributed by atoms with van der Waals surface area (Å²) in [4.78, 5) is 0. The van der Waals surface area contributed by atoms with E-state index in [2.05, 4.69) is 8.75 Å². The average Bonchev–Trinajstić information content (AvgIpc) is 2.71. The van der Waals surface area contributed by atoms with Crippen LogP contribution in [0, 0.1) is 11.8 Å². The van der Waals surface area contributed by atoms with Crippen LogP contribution in [0.3, 0.4) is 0 Å². The Morgan fingerprint density at radius 1 is 1.36 bits per heavy atom. The summed E-state index contributed by atoms with van der Waals surface area (Å²) in [6.07, 6.45) is 8.32. The van der Waals surface area contributed by atoms with E-state index < -0.39 is 0 Å². The van der Waals surface area contributed by atoms with Crippen molar-refractivity contribution in [1.82, 2.24) is 8.75 Å². The second-order valence-corrected chi connectivity index (χ2v) is 4.70. The molecule has 2 atom stereocenters. The van der Waals surface area contributed by atoms with Gasteiger partial charge < -0.3 is 5.73 Å². The molecule has 3 nitrogen and oxygen atoms in total. The van der Waals surface area contributed by atoms with Crippen LogP contribution in [0.15, 0.2) is 6.20 Å². The molecule has 0 saturated heterocycles. The van der Waals surface area contributed by atoms with E-state index in [9.17, 15) is 0 Å². The van der Waals surface area contributed by atoms with Gasteiger partial charge in [0.2, 0.25) is 0 Å². The molecule has 2 unspecified atom stereocenters. The lowest BCUT2D eigenvalue weighted by Crippen LogP contribution is -2.28. The molecule has 1 aliphatic rings. The van der Waals surface area contributed by atoms with Crippen molar-refractivity contribution in [3.63, 3.8) is 0 Å². The van der Waals surface area contributed by atoms with E-state index in [1.165, 1.54) is 37.4 Å². The molecule has 1 heterocycles. The smallest absolute Gasteiger partial charge is 0.0745 e. The van der Waals surface area contributed by atoms with Gasteiger partial charge in [0.15, 0.2) is 0 Å². The van der Waals surface area contributed by atoms with Crippen LogP contribution in [0.1, 0.15) is 31.4 Å². The third kappa shape index (κ3) is 2.30. The molecule has 2 N–H and O–H groups in total. The Balaban J connectivity index is 1.94. The first-order valence-electron chi connectivity index (χ1n) is 5.36. The minimum Gasteiger partial charge on any atom is -0.330 e. The van der Waals surface area contributed by atoms with Crippen LogP contribution in [-0.2, 0) is 6.42 Å². The van der Waals surface area contributed by atoms with E-state index >= 15 is 0 Å². The second kappa shape index (κ2) is 4.84. The van der Waals surface area contributed by atoms with Crippen LogP contribution in [0.5, 0.6) is 0 Å². The molecule has 0 bridgehead atoms. The Morgan fingerprint density at radius 2 is 2.14 bits per heavy atom. The molecule has 78 valence electrons. The third-order valence-electron chi connectivity index (χ3n) is 3.25. The lowest BCUT2D eigenvalue weighted by molar-refractivity contribution is 0.241. The monoisotopic (exact) mass is 211 g/mol. The van der Waals surface area contributed by atoms with Gasteiger partial charge in [0.05, 0.1) is 23.6 Å². The van der Waals surface area contributed by atoms with Crippen molar-refractivity contribution in [2.75, 3.05) is 6.54 Å². The first-order valence-corrected chi connectivity index (χ1v) is 6.09. The molecule has 0 spiro atoms. The lowest BCUT2D eigenvalue weighted by atomic mass is 9.77. The van der Waals surface area contributed by atoms with Crippen LogP contribution in [0.2, 0.25) is 0 Å². The van der Waals surface area contributed by atoms with E-state index in [1.54, 1.807) is 0 Å². The first kappa shape index (κ1) is 10.1. The highest BCUT2D eigenvalue weighted by Crippen LogP contribution is 2.31. The Kier molecular flexibility index (Phi) is 3.48. The Morgan fingerprint density at radius 3 is 2.79 bits per heavy atom. The van der Waals surface area contributed by atoms with E-state index in [-0.39, 0.29) is 0 Å². The number of nitrogens with two attached hydrogens (primary N) is 1. The number of hydrogen-bond acceptors (Lipinski definition) is 4. The van der Waals surface area contributed by atoms with Crippen molar-refractivity contribution >= 4 is 11.7 Å². The molecule has 4 heteroatoms. The molecule has 14 heavy (non-hydrogen) atoms. The van der Waals surface area contributed by atoms with Crippen LogP contribution in [0.4, 0.5) is 0 Å². The predicted octanol–water partition coefficient (Wildman–Crippen LogP) is 1.85. The first-order chi connectivity index (χ1) is 6.90. The molecule has 1 saturated carbocycles. The normalized spacial score (nSPS) is 27.8. The highest BCUT2D eigenvalue weighted by molar-refractivity contribution is 6.99. The van der Waals surface area contributed by atoms with Crippen molar-refractivity contribution in [1.29, 1.82) is 0 Å². The van der Waals surface area contributed by atoms with Gasteiger partial charge in [0.1, 0.15) is 0 Å². The van der Waals surface area contributed by atoms with Gasteiger partial charge >= 0.3 is 0 Å². The molecule has 0 aromatic carbocycles. The maximum absolute atomic E-state index is 5.79. The fourth-order valence-corrected chi connectivity index (χ4v) is 2.85. The summed E-state index contributed by atoms with van der Waals surface area (Å²) >= 11 is 1.31. The van der Waals surface area contributed by atoms with E-state index in [0.29, 0.717) is 5.92 Å². The average molecular weight is 211 g/mol. The molecule has 1 aromatic rings. The molecule has 0 radical (unpaired) electrons. The Hall–Kier alpha value is -0.480. The van der Waals surface area contributed by atoms with Gasteiger partial charge in [-0.1, -0.05) is 12.8 Å². The van der Waals surface area contributed by atoms with Gasteiger partial charge in [-0.25, -0.2) is 0 Å². The van der Waals surface area contributed by atoms with Crippen LogP contribution in [-0.4, -0.2) is 15.3 Å². The summed E-state index contributed by atoms with van der Waals surface area (Å²) in [5, 5.41) is 0. The maximum atomic E-state index is 5.79. The van der Waals surface area contributed by atoms with Crippen molar-refractivity contribution in [3.8, 4) is 0 Å². The quantitative estimate of drug-likeness (QED) is 0.830. The summed E-state index contributed by atoms with van der Waals surface area (Å²) in [7, 11) is 0. The standard InChI is InChI=1S/C10H17N3S/c11-6-9-4-2-1-3-8(9)5-10-7-12-14-13-10/h7-9H,1-6,11H2. The van der Waals surface area contributed by atoms with Gasteiger partial charge in [0, 0.05) is 0 Å². The Bertz CT molecular complexity index is 260. The number of aromatic nitrogens is 2. The molecule has 2 rings (SSSR count). The fraction of sp³-hybridized carbons (Fsp3) is 0.800. The summed E-state index contributed by atoms with van der Waals surface area (Å²) in [6, 6.07) is 0. The topological polar surface area (TPSA) is 51.8 Å². The lowest BCUT2D eigenvalue weighted by Gasteiger charge is -2.29. The molecule has 1 fully saturated rings. The SMILES string of the molecule is NCC1CCCCC1Cc1cnsn1. The summed E-state index contributed by atoms with van der Waals surface area (Å²) in [6.45, 7) is 0.836. The van der Waals surface area contributed by atoms with Crippen LogP contribution < -0.4 is 5.73 Å². The van der Waals surface area contributed by atoms with Crippen molar-refractivity contribution in [3.05, 3.63) is 11.9 Å². The van der Waals surface area contributed by atoms with Gasteiger partial charge in [-0.3, -0.25) is 0 Å². The van der Waals surface area contributed by atoms with Crippen molar-refractivity contribution in [2.45, 2.75) is 32.1 Å². The fourth-order valence-electron chi connectivity index (χ4n) is 2.41. The molecular formula is C10H17N3S. The molecular weight excluding hydrogens is 194 g/mol. The van der Waals surface area contributed by atoms with Gasteiger partial charge in [-0.15, -0.1) is 0 Å². The van der Waals surface area contributed by atoms with Crippen LogP contribution >= 0.6 is 11.7 Å². The third-order valence-corrected chi connectivity index (χ3v) is 3.76. The Labute approximate surface area is 89.0 Å². The zero-order valence-electron chi connectivity index (χ0n) is 8.35. The van der Waals surface area contributed by atoms with Crippen molar-refractivity contribution in [2.24, 2.45) is 17.6 Å². The van der Waals surface area contributed by atoms with Gasteiger partial charge in [0.25, 0.3) is 0 Å². The molecule has 0 aliphatic heterocycles. The largest absolute Gasteiger partial charge is 0.330 e. The number of hydrogen-bond donors (Lipinski definition) is 1. The van der Waals surface area contributed by atoms with E-state index in [0.717, 1.165) is 24.6 Å². The van der Waals surface area contributed by atoms with Crippen LogP contribution in [0.25, 0.3) is 0 Å². The van der Waals surface area contributed by atoms with Gasteiger partial charge in [-0.05, 0) is 37.6 Å². The summed E-state index contributed by atoms with van der Waals surface area (Å²) < 4.78 is 8.31. The minimum atomic E-state index is 0.713. The van der Waals surface area contributed by atoms with E-state index in [4.69, 9.17) is 5.73 Å². The molecule has 0 amide bonds.